The molecule has 8 heteroatoms. The summed E-state index contributed by atoms with van der Waals surface area (Å²) in [5, 5.41) is 7.63. The third-order valence-corrected chi connectivity index (χ3v) is 9.27. The van der Waals surface area contributed by atoms with Crippen molar-refractivity contribution in [1.29, 1.82) is 0 Å². The lowest BCUT2D eigenvalue weighted by molar-refractivity contribution is 0.303. The second-order valence-corrected chi connectivity index (χ2v) is 12.2. The lowest BCUT2D eigenvalue weighted by Crippen LogP contribution is -2.18. The van der Waals surface area contributed by atoms with Gasteiger partial charge in [0.1, 0.15) is 23.5 Å². The standard InChI is InChI=1S/C28H21I2N3O2S/c29-22-12-17(13-23(30)26(22)35-15-19-8-5-7-18-6-1-2-9-20(18)19)14-32-33-16-31-27-25(28(33)34)21-10-3-4-11-24(21)36-27/h1-2,5-9,12-14,16H,3-4,10-11,15H2/b32-14-. The number of halogens is 2. The summed E-state index contributed by atoms with van der Waals surface area (Å²) >= 11 is 6.25. The molecule has 0 fully saturated rings. The molecular formula is C28H21I2N3O2S. The summed E-state index contributed by atoms with van der Waals surface area (Å²) in [7, 11) is 0. The molecule has 0 amide bonds. The van der Waals surface area contributed by atoms with E-state index >= 15 is 0 Å². The Kier molecular flexibility index (Phi) is 6.82. The molecule has 0 N–H and O–H groups in total. The topological polar surface area (TPSA) is 56.5 Å². The summed E-state index contributed by atoms with van der Waals surface area (Å²) in [6, 6.07) is 18.7. The zero-order valence-electron chi connectivity index (χ0n) is 19.2. The molecule has 0 saturated carbocycles. The van der Waals surface area contributed by atoms with Gasteiger partial charge in [-0.15, -0.1) is 11.3 Å². The van der Waals surface area contributed by atoms with Crippen LogP contribution in [0.3, 0.4) is 0 Å². The van der Waals surface area contributed by atoms with Gasteiger partial charge in [0.15, 0.2) is 0 Å². The highest BCUT2D eigenvalue weighted by Crippen LogP contribution is 2.33. The molecule has 2 heterocycles. The first-order valence-corrected chi connectivity index (χ1v) is 14.7. The molecule has 180 valence electrons. The van der Waals surface area contributed by atoms with Crippen LogP contribution in [0.15, 0.2) is 70.8 Å². The van der Waals surface area contributed by atoms with Crippen LogP contribution in [0.4, 0.5) is 0 Å². The maximum Gasteiger partial charge on any atom is 0.282 e. The molecule has 2 aromatic heterocycles. The van der Waals surface area contributed by atoms with E-state index in [1.165, 1.54) is 38.6 Å². The highest BCUT2D eigenvalue weighted by molar-refractivity contribution is 14.1. The van der Waals surface area contributed by atoms with E-state index in [9.17, 15) is 4.79 Å². The van der Waals surface area contributed by atoms with Crippen molar-refractivity contribution in [3.63, 3.8) is 0 Å². The predicted molar refractivity (Wildman–Crippen MR) is 164 cm³/mol. The lowest BCUT2D eigenvalue weighted by atomic mass is 9.97. The molecule has 0 aliphatic heterocycles. The van der Waals surface area contributed by atoms with Gasteiger partial charge in [-0.2, -0.15) is 9.78 Å². The largest absolute Gasteiger partial charge is 0.487 e. The number of thiophene rings is 1. The van der Waals surface area contributed by atoms with Crippen molar-refractivity contribution in [2.75, 3.05) is 0 Å². The van der Waals surface area contributed by atoms with Gasteiger partial charge >= 0.3 is 0 Å². The van der Waals surface area contributed by atoms with Crippen molar-refractivity contribution in [2.45, 2.75) is 32.3 Å². The van der Waals surface area contributed by atoms with Gasteiger partial charge in [0.05, 0.1) is 18.7 Å². The van der Waals surface area contributed by atoms with Gasteiger partial charge in [0.2, 0.25) is 0 Å². The summed E-state index contributed by atoms with van der Waals surface area (Å²) in [5.74, 6) is 0.853. The molecule has 3 aromatic carbocycles. The summed E-state index contributed by atoms with van der Waals surface area (Å²) in [5.41, 5.74) is 3.15. The third kappa shape index (κ3) is 4.58. The Morgan fingerprint density at radius 2 is 1.83 bits per heavy atom. The molecule has 0 radical (unpaired) electrons. The molecule has 6 rings (SSSR count). The van der Waals surface area contributed by atoms with Crippen molar-refractivity contribution < 1.29 is 4.74 Å². The van der Waals surface area contributed by atoms with Crippen LogP contribution in [-0.2, 0) is 19.4 Å². The fourth-order valence-corrected chi connectivity index (χ4v) is 8.06. The predicted octanol–water partition coefficient (Wildman–Crippen LogP) is 7.16. The molecule has 0 bridgehead atoms. The van der Waals surface area contributed by atoms with Crippen molar-refractivity contribution in [3.05, 3.63) is 100.0 Å². The first kappa shape index (κ1) is 24.1. The van der Waals surface area contributed by atoms with Crippen LogP contribution in [0.1, 0.15) is 34.4 Å². The van der Waals surface area contributed by atoms with E-state index in [0.717, 1.165) is 53.5 Å². The first-order valence-electron chi connectivity index (χ1n) is 11.7. The van der Waals surface area contributed by atoms with Crippen LogP contribution in [0.5, 0.6) is 5.75 Å². The van der Waals surface area contributed by atoms with E-state index in [4.69, 9.17) is 4.74 Å². The summed E-state index contributed by atoms with van der Waals surface area (Å²) in [4.78, 5) is 19.8. The fraction of sp³-hybridized carbons (Fsp3) is 0.179. The maximum atomic E-state index is 13.2. The van der Waals surface area contributed by atoms with Crippen molar-refractivity contribution in [1.82, 2.24) is 9.66 Å². The Balaban J connectivity index is 1.25. The number of fused-ring (bicyclic) bond motifs is 4. The van der Waals surface area contributed by atoms with Crippen LogP contribution < -0.4 is 10.3 Å². The monoisotopic (exact) mass is 717 g/mol. The second kappa shape index (κ2) is 10.2. The Morgan fingerprint density at radius 3 is 2.69 bits per heavy atom. The van der Waals surface area contributed by atoms with Gasteiger partial charge in [0, 0.05) is 4.88 Å². The number of aromatic nitrogens is 2. The molecule has 1 aliphatic rings. The first-order chi connectivity index (χ1) is 17.6. The minimum absolute atomic E-state index is 0.0879. The van der Waals surface area contributed by atoms with Gasteiger partial charge in [-0.3, -0.25) is 4.79 Å². The van der Waals surface area contributed by atoms with Gasteiger partial charge in [-0.1, -0.05) is 42.5 Å². The number of aryl methyl sites for hydroxylation is 2. The van der Waals surface area contributed by atoms with E-state index in [2.05, 4.69) is 97.7 Å². The summed E-state index contributed by atoms with van der Waals surface area (Å²) < 4.78 is 9.61. The van der Waals surface area contributed by atoms with E-state index in [1.54, 1.807) is 17.6 Å². The zero-order valence-corrected chi connectivity index (χ0v) is 24.3. The SMILES string of the molecule is O=c1c2c3c(sc2ncn1/N=C\c1cc(I)c(OCc2cccc4ccccc24)c(I)c1)CCCC3. The molecule has 5 aromatic rings. The van der Waals surface area contributed by atoms with Crippen LogP contribution >= 0.6 is 56.5 Å². The minimum Gasteiger partial charge on any atom is -0.487 e. The summed E-state index contributed by atoms with van der Waals surface area (Å²) in [6.07, 6.45) is 7.56. The lowest BCUT2D eigenvalue weighted by Gasteiger charge is -2.13. The van der Waals surface area contributed by atoms with Crippen molar-refractivity contribution >= 4 is 83.7 Å². The van der Waals surface area contributed by atoms with E-state index in [-0.39, 0.29) is 5.56 Å². The van der Waals surface area contributed by atoms with Gasteiger partial charge in [0.25, 0.3) is 5.56 Å². The average molecular weight is 717 g/mol. The molecule has 5 nitrogen and oxygen atoms in total. The van der Waals surface area contributed by atoms with Crippen LogP contribution in [0, 0.1) is 7.14 Å². The quantitative estimate of drug-likeness (QED) is 0.143. The number of hydrogen-bond donors (Lipinski definition) is 0. The molecule has 36 heavy (non-hydrogen) atoms. The Bertz CT molecular complexity index is 1680. The highest BCUT2D eigenvalue weighted by Gasteiger charge is 2.20. The van der Waals surface area contributed by atoms with E-state index in [0.29, 0.717) is 6.61 Å². The van der Waals surface area contributed by atoms with E-state index in [1.807, 2.05) is 12.1 Å². The minimum atomic E-state index is -0.0879. The Labute approximate surface area is 239 Å². The van der Waals surface area contributed by atoms with E-state index < -0.39 is 0 Å². The highest BCUT2D eigenvalue weighted by atomic mass is 127. The zero-order chi connectivity index (χ0) is 24.6. The molecule has 0 saturated heterocycles. The Morgan fingerprint density at radius 1 is 1.06 bits per heavy atom. The second-order valence-electron chi connectivity index (χ2n) is 8.77. The van der Waals surface area contributed by atoms with Gasteiger partial charge in [-0.05, 0) is 110 Å². The average Bonchev–Trinajstić information content (AvgIpc) is 3.27. The molecule has 0 unspecified atom stereocenters. The molecule has 1 aliphatic carbocycles. The van der Waals surface area contributed by atoms with Gasteiger partial charge < -0.3 is 4.74 Å². The molecule has 0 spiro atoms. The smallest absolute Gasteiger partial charge is 0.282 e. The molecular weight excluding hydrogens is 696 g/mol. The number of hydrogen-bond acceptors (Lipinski definition) is 5. The van der Waals surface area contributed by atoms with Crippen LogP contribution in [0.25, 0.3) is 21.0 Å². The normalized spacial score (nSPS) is 13.5. The number of rotatable bonds is 5. The van der Waals surface area contributed by atoms with Crippen LogP contribution in [0.2, 0.25) is 0 Å². The van der Waals surface area contributed by atoms with Crippen LogP contribution in [-0.4, -0.2) is 15.9 Å². The maximum absolute atomic E-state index is 13.2. The number of benzene rings is 3. The number of ether oxygens (including phenoxy) is 1. The fourth-order valence-electron chi connectivity index (χ4n) is 4.71. The Hall–Kier alpha value is -2.31. The van der Waals surface area contributed by atoms with Gasteiger partial charge in [-0.25, -0.2) is 4.98 Å². The third-order valence-electron chi connectivity index (χ3n) is 6.46. The number of nitrogens with zero attached hydrogens (tertiary/aromatic N) is 3. The van der Waals surface area contributed by atoms with Crippen molar-refractivity contribution in [3.8, 4) is 5.75 Å². The van der Waals surface area contributed by atoms with Crippen molar-refractivity contribution in [2.24, 2.45) is 5.10 Å². The summed E-state index contributed by atoms with van der Waals surface area (Å²) in [6.45, 7) is 0.493. The molecule has 0 atom stereocenters.